The van der Waals surface area contributed by atoms with Gasteiger partial charge in [0.25, 0.3) is 0 Å². The van der Waals surface area contributed by atoms with Gasteiger partial charge in [-0.15, -0.1) is 0 Å². The minimum absolute atomic E-state index is 0.310. The molecule has 0 unspecified atom stereocenters. The number of rotatable bonds is 5. The number of nitrogens with one attached hydrogen (secondary N) is 1. The maximum Gasteiger partial charge on any atom is 0.231 e. The van der Waals surface area contributed by atoms with Crippen molar-refractivity contribution in [2.45, 2.75) is 26.3 Å². The Balaban J connectivity index is 1.83. The van der Waals surface area contributed by atoms with E-state index in [9.17, 15) is 0 Å². The summed E-state index contributed by atoms with van der Waals surface area (Å²) in [5, 5.41) is 4.04. The van der Waals surface area contributed by atoms with E-state index in [-0.39, 0.29) is 0 Å². The Labute approximate surface area is 119 Å². The van der Waals surface area contributed by atoms with Crippen LogP contribution in [-0.4, -0.2) is 30.4 Å². The van der Waals surface area contributed by atoms with Crippen molar-refractivity contribution < 1.29 is 9.47 Å². The topological polar surface area (TPSA) is 33.7 Å². The molecular weight excluding hydrogens is 260 g/mol. The van der Waals surface area contributed by atoms with Crippen LogP contribution in [0.15, 0.2) is 18.2 Å². The fraction of sp³-hybridized carbons (Fsp3) is 0.500. The van der Waals surface area contributed by atoms with Gasteiger partial charge in [-0.2, -0.15) is 0 Å². The third-order valence-corrected chi connectivity index (χ3v) is 3.53. The molecule has 1 aromatic rings. The lowest BCUT2D eigenvalue weighted by Crippen LogP contribution is -2.37. The maximum atomic E-state index is 5.35. The van der Waals surface area contributed by atoms with Crippen molar-refractivity contribution in [1.29, 1.82) is 0 Å². The number of hydrogen-bond acceptors (Lipinski definition) is 3. The zero-order valence-electron chi connectivity index (χ0n) is 11.4. The van der Waals surface area contributed by atoms with E-state index in [2.05, 4.69) is 17.1 Å². The van der Waals surface area contributed by atoms with Crippen molar-refractivity contribution in [3.05, 3.63) is 23.8 Å². The molecule has 0 atom stereocenters. The zero-order valence-corrected chi connectivity index (χ0v) is 12.3. The van der Waals surface area contributed by atoms with Crippen LogP contribution in [0.1, 0.15) is 25.3 Å². The number of nitrogens with zero attached hydrogens (tertiary/aromatic N) is 1. The molecule has 0 radical (unpaired) electrons. The zero-order chi connectivity index (χ0) is 13.7. The molecule has 1 heterocycles. The van der Waals surface area contributed by atoms with Crippen molar-refractivity contribution in [3.8, 4) is 11.5 Å². The Morgan fingerprint density at radius 2 is 2.16 bits per heavy atom. The van der Waals surface area contributed by atoms with Gasteiger partial charge >= 0.3 is 0 Å². The van der Waals surface area contributed by atoms with Gasteiger partial charge in [0, 0.05) is 20.1 Å². The van der Waals surface area contributed by atoms with Crippen molar-refractivity contribution >= 4 is 17.3 Å². The van der Waals surface area contributed by atoms with Crippen LogP contribution in [0.3, 0.4) is 0 Å². The van der Waals surface area contributed by atoms with Crippen LogP contribution in [0.2, 0.25) is 0 Å². The van der Waals surface area contributed by atoms with Crippen LogP contribution in [0.5, 0.6) is 11.5 Å². The number of ether oxygens (including phenoxy) is 2. The summed E-state index contributed by atoms with van der Waals surface area (Å²) >= 11 is 5.35. The van der Waals surface area contributed by atoms with Crippen molar-refractivity contribution in [1.82, 2.24) is 10.2 Å². The molecule has 0 saturated heterocycles. The molecular formula is C14H20N2O2S. The molecule has 2 rings (SSSR count). The molecule has 19 heavy (non-hydrogen) atoms. The Hall–Kier alpha value is -1.49. The van der Waals surface area contributed by atoms with Gasteiger partial charge in [-0.3, -0.25) is 0 Å². The van der Waals surface area contributed by atoms with Gasteiger partial charge < -0.3 is 19.7 Å². The van der Waals surface area contributed by atoms with Gasteiger partial charge in [0.15, 0.2) is 16.6 Å². The molecule has 1 aromatic carbocycles. The fourth-order valence-corrected chi connectivity index (χ4v) is 2.02. The molecule has 0 aliphatic carbocycles. The molecule has 0 aromatic heterocycles. The predicted molar refractivity (Wildman–Crippen MR) is 79.5 cm³/mol. The number of fused-ring (bicyclic) bond motifs is 1. The third-order valence-electron chi connectivity index (χ3n) is 3.07. The molecule has 104 valence electrons. The van der Waals surface area contributed by atoms with Crippen LogP contribution >= 0.6 is 12.2 Å². The normalized spacial score (nSPS) is 12.3. The first-order valence-corrected chi connectivity index (χ1v) is 6.99. The first kappa shape index (κ1) is 13.9. The summed E-state index contributed by atoms with van der Waals surface area (Å²) in [6, 6.07) is 5.95. The molecule has 4 nitrogen and oxygen atoms in total. The van der Waals surface area contributed by atoms with Crippen LogP contribution < -0.4 is 14.8 Å². The van der Waals surface area contributed by atoms with Gasteiger partial charge in [0.05, 0.1) is 0 Å². The quantitative estimate of drug-likeness (QED) is 0.838. The highest BCUT2D eigenvalue weighted by Crippen LogP contribution is 2.32. The van der Waals surface area contributed by atoms with E-state index in [0.717, 1.165) is 35.1 Å². The number of unbranched alkanes of at least 4 members (excludes halogenated alkanes) is 1. The van der Waals surface area contributed by atoms with E-state index in [1.807, 2.05) is 25.2 Å². The smallest absolute Gasteiger partial charge is 0.231 e. The van der Waals surface area contributed by atoms with E-state index in [4.69, 9.17) is 21.7 Å². The lowest BCUT2D eigenvalue weighted by molar-refractivity contribution is 0.174. The van der Waals surface area contributed by atoms with Gasteiger partial charge in [-0.1, -0.05) is 19.4 Å². The summed E-state index contributed by atoms with van der Waals surface area (Å²) in [6.45, 7) is 4.18. The molecule has 0 bridgehead atoms. The van der Waals surface area contributed by atoms with Crippen LogP contribution in [0.25, 0.3) is 0 Å². The van der Waals surface area contributed by atoms with E-state index in [1.165, 1.54) is 6.42 Å². The summed E-state index contributed by atoms with van der Waals surface area (Å²) in [6.07, 6.45) is 2.33. The second-order valence-electron chi connectivity index (χ2n) is 4.62. The first-order chi connectivity index (χ1) is 9.20. The first-order valence-electron chi connectivity index (χ1n) is 6.58. The van der Waals surface area contributed by atoms with E-state index in [0.29, 0.717) is 13.3 Å². The lowest BCUT2D eigenvalue weighted by Gasteiger charge is -2.20. The molecule has 0 spiro atoms. The van der Waals surface area contributed by atoms with Crippen LogP contribution in [0, 0.1) is 0 Å². The highest BCUT2D eigenvalue weighted by Gasteiger charge is 2.13. The monoisotopic (exact) mass is 280 g/mol. The van der Waals surface area contributed by atoms with E-state index < -0.39 is 0 Å². The number of thiocarbonyl (C=S) groups is 1. The Kier molecular flexibility index (Phi) is 4.85. The summed E-state index contributed by atoms with van der Waals surface area (Å²) in [7, 11) is 2.02. The SMILES string of the molecule is CCCCN(C)C(=S)NCc1ccc2c(c1)OCO2. The second kappa shape index (κ2) is 6.61. The summed E-state index contributed by atoms with van der Waals surface area (Å²) in [4.78, 5) is 2.08. The van der Waals surface area contributed by atoms with E-state index in [1.54, 1.807) is 0 Å². The Bertz CT molecular complexity index is 451. The van der Waals surface area contributed by atoms with Crippen molar-refractivity contribution in [2.24, 2.45) is 0 Å². The van der Waals surface area contributed by atoms with Gasteiger partial charge in [-0.05, 0) is 36.3 Å². The highest BCUT2D eigenvalue weighted by atomic mass is 32.1. The van der Waals surface area contributed by atoms with Crippen molar-refractivity contribution in [2.75, 3.05) is 20.4 Å². The average Bonchev–Trinajstić information content (AvgIpc) is 2.89. The van der Waals surface area contributed by atoms with Crippen molar-refractivity contribution in [3.63, 3.8) is 0 Å². The molecule has 1 N–H and O–H groups in total. The van der Waals surface area contributed by atoms with Crippen LogP contribution in [0.4, 0.5) is 0 Å². The predicted octanol–water partition coefficient (Wildman–Crippen LogP) is 2.52. The van der Waals surface area contributed by atoms with Gasteiger partial charge in [-0.25, -0.2) is 0 Å². The molecule has 1 aliphatic rings. The third kappa shape index (κ3) is 3.73. The van der Waals surface area contributed by atoms with Crippen LogP contribution in [-0.2, 0) is 6.54 Å². The second-order valence-corrected chi connectivity index (χ2v) is 5.01. The Morgan fingerprint density at radius 3 is 2.95 bits per heavy atom. The summed E-state index contributed by atoms with van der Waals surface area (Å²) in [5.74, 6) is 1.62. The Morgan fingerprint density at radius 1 is 1.37 bits per heavy atom. The highest BCUT2D eigenvalue weighted by molar-refractivity contribution is 7.80. The van der Waals surface area contributed by atoms with Gasteiger partial charge in [0.1, 0.15) is 0 Å². The molecule has 0 fully saturated rings. The molecule has 1 aliphatic heterocycles. The summed E-state index contributed by atoms with van der Waals surface area (Å²) < 4.78 is 10.6. The number of hydrogen-bond donors (Lipinski definition) is 1. The molecule has 0 saturated carbocycles. The standard InChI is InChI=1S/C14H20N2O2S/c1-3-4-7-16(2)14(19)15-9-11-5-6-12-13(8-11)18-10-17-12/h5-6,8H,3-4,7,9-10H2,1-2H3,(H,15,19). The minimum Gasteiger partial charge on any atom is -0.454 e. The van der Waals surface area contributed by atoms with Gasteiger partial charge in [0.2, 0.25) is 6.79 Å². The van der Waals surface area contributed by atoms with E-state index >= 15 is 0 Å². The minimum atomic E-state index is 0.310. The summed E-state index contributed by atoms with van der Waals surface area (Å²) in [5.41, 5.74) is 1.13. The lowest BCUT2D eigenvalue weighted by atomic mass is 10.2. The number of benzene rings is 1. The maximum absolute atomic E-state index is 5.35. The fourth-order valence-electron chi connectivity index (χ4n) is 1.86. The molecule has 0 amide bonds. The largest absolute Gasteiger partial charge is 0.454 e. The molecule has 5 heteroatoms. The average molecular weight is 280 g/mol.